The summed E-state index contributed by atoms with van der Waals surface area (Å²) in [6, 6.07) is 0. The molecule has 0 atom stereocenters. The van der Waals surface area contributed by atoms with Gasteiger partial charge in [-0.25, -0.2) is 0 Å². The topological polar surface area (TPSA) is 66.8 Å². The van der Waals surface area contributed by atoms with E-state index in [-0.39, 0.29) is 0 Å². The Kier molecular flexibility index (Phi) is 2.97. The molecule has 0 amide bonds. The van der Waals surface area contributed by atoms with Gasteiger partial charge < -0.3 is 13.9 Å². The van der Waals surface area contributed by atoms with Crippen molar-refractivity contribution in [2.75, 3.05) is 0 Å². The Balaban J connectivity index is 3.36. The normalized spacial score (nSPS) is 14.0. The Hall–Kier alpha value is 0.544. The Morgan fingerprint density at radius 1 is 1.71 bits per heavy atom. The molecule has 0 aromatic carbocycles. The fourth-order valence-corrected chi connectivity index (χ4v) is 4.54. The van der Waals surface area contributed by atoms with Gasteiger partial charge in [0.15, 0.2) is 0 Å². The van der Waals surface area contributed by atoms with Crippen LogP contribution in [0.3, 0.4) is 0 Å². The first-order valence-electron chi connectivity index (χ1n) is 1.60. The van der Waals surface area contributed by atoms with Crippen molar-refractivity contribution in [2.45, 2.75) is 0 Å². The summed E-state index contributed by atoms with van der Waals surface area (Å²) < 4.78 is 14.3. The Morgan fingerprint density at radius 2 is 2.14 bits per heavy atom. The van der Waals surface area contributed by atoms with Gasteiger partial charge in [-0.15, -0.1) is 0 Å². The van der Waals surface area contributed by atoms with E-state index in [0.717, 1.165) is 0 Å². The zero-order valence-electron chi connectivity index (χ0n) is 3.87. The number of hydrogen-bond acceptors (Lipinski definition) is 2. The molecule has 0 bridgehead atoms. The van der Waals surface area contributed by atoms with Gasteiger partial charge in [-0.1, -0.05) is 0 Å². The van der Waals surface area contributed by atoms with Crippen LogP contribution >= 0.6 is 7.14 Å². The first kappa shape index (κ1) is 7.54. The van der Waals surface area contributed by atoms with Crippen molar-refractivity contribution in [2.24, 2.45) is 0 Å². The van der Waals surface area contributed by atoms with Gasteiger partial charge >= 0.3 is 7.14 Å². The SMILES string of the molecule is O=P(O)(O)[SiH2]O[SiH3]. The molecule has 0 saturated carbocycles. The lowest BCUT2D eigenvalue weighted by Gasteiger charge is -1.97. The number of hydrogen-bond donors (Lipinski definition) is 2. The standard InChI is InChI=1S/H7O4PSi2/c1-5(2,3)7-4-6/h7H2,6H3,(H2,1,2,3). The minimum Gasteiger partial charge on any atom is -0.460 e. The summed E-state index contributed by atoms with van der Waals surface area (Å²) in [4.78, 5) is 16.2. The van der Waals surface area contributed by atoms with Crippen molar-refractivity contribution in [3.05, 3.63) is 0 Å². The fourth-order valence-electron chi connectivity index (χ4n) is 0.168. The molecule has 0 rings (SSSR count). The van der Waals surface area contributed by atoms with E-state index in [0.29, 0.717) is 10.5 Å². The lowest BCUT2D eigenvalue weighted by Crippen LogP contribution is -1.94. The quantitative estimate of drug-likeness (QED) is 0.343. The maximum atomic E-state index is 9.88. The zero-order chi connectivity index (χ0) is 5.91. The van der Waals surface area contributed by atoms with E-state index in [1.54, 1.807) is 0 Å². The molecular weight excluding hydrogens is 151 g/mol. The molecule has 0 heterocycles. The van der Waals surface area contributed by atoms with Crippen LogP contribution in [0.1, 0.15) is 0 Å². The molecule has 0 aliphatic carbocycles. The van der Waals surface area contributed by atoms with Crippen molar-refractivity contribution < 1.29 is 18.5 Å². The van der Waals surface area contributed by atoms with Gasteiger partial charge in [0, 0.05) is 0 Å². The van der Waals surface area contributed by atoms with Crippen molar-refractivity contribution >= 4 is 27.1 Å². The molecule has 4 nitrogen and oxygen atoms in total. The zero-order valence-corrected chi connectivity index (χ0v) is 8.17. The van der Waals surface area contributed by atoms with Crippen molar-refractivity contribution in [3.63, 3.8) is 0 Å². The van der Waals surface area contributed by atoms with Crippen LogP contribution in [0.25, 0.3) is 0 Å². The monoisotopic (exact) mass is 158 g/mol. The Morgan fingerprint density at radius 3 is 2.14 bits per heavy atom. The third kappa shape index (κ3) is 6.54. The highest BCUT2D eigenvalue weighted by Crippen LogP contribution is 2.30. The molecule has 0 aromatic rings. The van der Waals surface area contributed by atoms with E-state index in [2.05, 4.69) is 4.12 Å². The predicted molar refractivity (Wildman–Crippen MR) is 31.6 cm³/mol. The highest BCUT2D eigenvalue weighted by Gasteiger charge is 2.10. The van der Waals surface area contributed by atoms with Gasteiger partial charge in [0.1, 0.15) is 10.5 Å². The summed E-state index contributed by atoms with van der Waals surface area (Å²) in [7, 11) is -4.79. The maximum Gasteiger partial charge on any atom is 0.315 e. The van der Waals surface area contributed by atoms with Crippen LogP contribution in [-0.4, -0.2) is 29.7 Å². The first-order valence-corrected chi connectivity index (χ1v) is 6.68. The van der Waals surface area contributed by atoms with Crippen molar-refractivity contribution in [3.8, 4) is 0 Å². The van der Waals surface area contributed by atoms with Crippen LogP contribution in [-0.2, 0) is 8.68 Å². The van der Waals surface area contributed by atoms with E-state index in [4.69, 9.17) is 9.79 Å². The minimum absolute atomic E-state index is 0.439. The maximum absolute atomic E-state index is 9.88. The smallest absolute Gasteiger partial charge is 0.315 e. The van der Waals surface area contributed by atoms with Crippen LogP contribution in [0.2, 0.25) is 0 Å². The Labute approximate surface area is 46.4 Å². The molecule has 2 N–H and O–H groups in total. The highest BCUT2D eigenvalue weighted by molar-refractivity contribution is 7.81. The van der Waals surface area contributed by atoms with E-state index >= 15 is 0 Å². The molecule has 44 valence electrons. The molecule has 0 spiro atoms. The average Bonchev–Trinajstić information content (AvgIpc) is 1.30. The van der Waals surface area contributed by atoms with E-state index in [1.165, 1.54) is 0 Å². The molecule has 7 heavy (non-hydrogen) atoms. The summed E-state index contributed by atoms with van der Waals surface area (Å²) >= 11 is 0. The first-order chi connectivity index (χ1) is 3.06. The van der Waals surface area contributed by atoms with Crippen LogP contribution in [0.5, 0.6) is 0 Å². The molecule has 0 aromatic heterocycles. The van der Waals surface area contributed by atoms with E-state index in [9.17, 15) is 4.57 Å². The summed E-state index contributed by atoms with van der Waals surface area (Å²) in [6.07, 6.45) is 0. The number of rotatable bonds is 2. The van der Waals surface area contributed by atoms with Crippen LogP contribution in [0.4, 0.5) is 0 Å². The molecule has 0 aliphatic rings. The summed E-state index contributed by atoms with van der Waals surface area (Å²) in [5, 5.41) is 0. The van der Waals surface area contributed by atoms with Gasteiger partial charge in [-0.05, 0) is 0 Å². The van der Waals surface area contributed by atoms with Crippen LogP contribution in [0.15, 0.2) is 0 Å². The largest absolute Gasteiger partial charge is 0.460 e. The van der Waals surface area contributed by atoms with E-state index < -0.39 is 16.6 Å². The van der Waals surface area contributed by atoms with E-state index in [1.807, 2.05) is 0 Å². The lowest BCUT2D eigenvalue weighted by atomic mass is 15.8. The molecule has 0 saturated heterocycles. The molecule has 0 aliphatic heterocycles. The lowest BCUT2D eigenvalue weighted by molar-refractivity contribution is 0.388. The van der Waals surface area contributed by atoms with Gasteiger partial charge in [0.25, 0.3) is 9.43 Å². The fraction of sp³-hybridized carbons (Fsp3) is 0. The van der Waals surface area contributed by atoms with Gasteiger partial charge in [-0.2, -0.15) is 0 Å². The van der Waals surface area contributed by atoms with Crippen LogP contribution < -0.4 is 0 Å². The molecule has 0 unspecified atom stereocenters. The Bertz CT molecular complexity index is 83.7. The molecule has 0 radical (unpaired) electrons. The van der Waals surface area contributed by atoms with Crippen molar-refractivity contribution in [1.82, 2.24) is 0 Å². The second kappa shape index (κ2) is 2.76. The van der Waals surface area contributed by atoms with Gasteiger partial charge in [0.05, 0.1) is 0 Å². The third-order valence-corrected chi connectivity index (χ3v) is 5.00. The van der Waals surface area contributed by atoms with Gasteiger partial charge in [0.2, 0.25) is 0 Å². The summed E-state index contributed by atoms with van der Waals surface area (Å²) in [6.45, 7) is 0. The second-order valence-electron chi connectivity index (χ2n) is 1.08. The average molecular weight is 158 g/mol. The summed E-state index contributed by atoms with van der Waals surface area (Å²) in [5.74, 6) is 0. The van der Waals surface area contributed by atoms with Crippen molar-refractivity contribution in [1.29, 1.82) is 0 Å². The molecule has 7 heteroatoms. The molecular formula is H7O4PSi2. The highest BCUT2D eigenvalue weighted by atomic mass is 31.4. The predicted octanol–water partition coefficient (Wildman–Crippen LogP) is -2.54. The summed E-state index contributed by atoms with van der Waals surface area (Å²) in [5.41, 5.74) is 0. The van der Waals surface area contributed by atoms with Crippen LogP contribution in [0, 0.1) is 0 Å². The minimum atomic E-state index is -3.71. The molecule has 0 fully saturated rings. The van der Waals surface area contributed by atoms with Gasteiger partial charge in [-0.3, -0.25) is 4.57 Å². The second-order valence-corrected chi connectivity index (χ2v) is 8.23. The third-order valence-electron chi connectivity index (χ3n) is 0.297.